The predicted octanol–water partition coefficient (Wildman–Crippen LogP) is 0.353. The zero-order valence-electron chi connectivity index (χ0n) is 8.41. The lowest BCUT2D eigenvalue weighted by Crippen LogP contribution is -2.31. The highest BCUT2D eigenvalue weighted by molar-refractivity contribution is 5.82. The fraction of sp³-hybridized carbons (Fsp3) is 0.909. The maximum Gasteiger partial charge on any atom is 0.223 e. The Hall–Kier alpha value is -0.570. The first-order valence-corrected chi connectivity index (χ1v) is 5.80. The Morgan fingerprint density at radius 2 is 1.93 bits per heavy atom. The maximum absolute atomic E-state index is 11.7. The summed E-state index contributed by atoms with van der Waals surface area (Å²) in [6.07, 6.45) is 4.18. The minimum atomic E-state index is 0.280. The van der Waals surface area contributed by atoms with E-state index in [-0.39, 0.29) is 5.91 Å². The number of carbonyl (C=O) groups is 1. The first kappa shape index (κ1) is 8.72. The summed E-state index contributed by atoms with van der Waals surface area (Å²) in [6.45, 7) is 1.20. The van der Waals surface area contributed by atoms with Crippen molar-refractivity contribution >= 4 is 5.91 Å². The van der Waals surface area contributed by atoms with E-state index in [1.165, 1.54) is 19.3 Å². The Kier molecular flexibility index (Phi) is 1.84. The molecule has 3 rings (SSSR count). The standard InChI is InChI=1S/C11H18N2O/c12-3-4-13-11(14)10-8-6-1-2-7(5-6)9(8)10/h6-10H,1-5,12H2,(H,13,14). The van der Waals surface area contributed by atoms with Gasteiger partial charge in [0, 0.05) is 19.0 Å². The molecule has 0 aromatic carbocycles. The van der Waals surface area contributed by atoms with Crippen LogP contribution in [-0.4, -0.2) is 19.0 Å². The molecule has 3 nitrogen and oxygen atoms in total. The molecule has 0 spiro atoms. The third kappa shape index (κ3) is 1.05. The summed E-state index contributed by atoms with van der Waals surface area (Å²) in [5.74, 6) is 3.94. The monoisotopic (exact) mass is 194 g/mol. The van der Waals surface area contributed by atoms with Gasteiger partial charge in [-0.05, 0) is 42.9 Å². The molecule has 3 aliphatic carbocycles. The van der Waals surface area contributed by atoms with Crippen molar-refractivity contribution in [3.63, 3.8) is 0 Å². The molecule has 78 valence electrons. The molecule has 1 amide bonds. The van der Waals surface area contributed by atoms with E-state index in [0.29, 0.717) is 19.0 Å². The third-order valence-electron chi connectivity index (χ3n) is 4.48. The van der Waals surface area contributed by atoms with Crippen LogP contribution in [0.5, 0.6) is 0 Å². The van der Waals surface area contributed by atoms with Crippen LogP contribution in [0, 0.1) is 29.6 Å². The van der Waals surface area contributed by atoms with Gasteiger partial charge in [-0.2, -0.15) is 0 Å². The van der Waals surface area contributed by atoms with Crippen LogP contribution in [0.1, 0.15) is 19.3 Å². The van der Waals surface area contributed by atoms with Crippen LogP contribution >= 0.6 is 0 Å². The molecule has 3 heteroatoms. The van der Waals surface area contributed by atoms with Crippen LogP contribution in [0.25, 0.3) is 0 Å². The SMILES string of the molecule is NCCNC(=O)C1C2C3CCC(C3)C12. The lowest BCUT2D eigenvalue weighted by atomic mass is 10.0. The van der Waals surface area contributed by atoms with Crippen molar-refractivity contribution < 1.29 is 4.79 Å². The Morgan fingerprint density at radius 1 is 1.29 bits per heavy atom. The lowest BCUT2D eigenvalue weighted by molar-refractivity contribution is -0.123. The summed E-state index contributed by atoms with van der Waals surface area (Å²) in [5, 5.41) is 2.93. The van der Waals surface area contributed by atoms with Crippen molar-refractivity contribution in [2.24, 2.45) is 35.3 Å². The van der Waals surface area contributed by atoms with Crippen molar-refractivity contribution in [3.8, 4) is 0 Å². The first-order valence-electron chi connectivity index (χ1n) is 5.80. The number of nitrogens with one attached hydrogen (secondary N) is 1. The molecule has 4 atom stereocenters. The van der Waals surface area contributed by atoms with E-state index >= 15 is 0 Å². The number of fused-ring (bicyclic) bond motifs is 5. The average Bonchev–Trinajstić information content (AvgIpc) is 2.64. The van der Waals surface area contributed by atoms with Crippen molar-refractivity contribution in [2.75, 3.05) is 13.1 Å². The van der Waals surface area contributed by atoms with E-state index in [2.05, 4.69) is 5.32 Å². The number of hydrogen-bond donors (Lipinski definition) is 2. The van der Waals surface area contributed by atoms with Crippen LogP contribution in [-0.2, 0) is 4.79 Å². The van der Waals surface area contributed by atoms with Gasteiger partial charge in [-0.3, -0.25) is 4.79 Å². The second-order valence-electron chi connectivity index (χ2n) is 5.09. The zero-order chi connectivity index (χ0) is 9.71. The molecule has 3 saturated carbocycles. The Morgan fingerprint density at radius 3 is 2.50 bits per heavy atom. The van der Waals surface area contributed by atoms with Gasteiger partial charge >= 0.3 is 0 Å². The number of hydrogen-bond acceptors (Lipinski definition) is 2. The van der Waals surface area contributed by atoms with Gasteiger partial charge in [-0.1, -0.05) is 0 Å². The second kappa shape index (κ2) is 2.96. The Bertz CT molecular complexity index is 250. The van der Waals surface area contributed by atoms with Gasteiger partial charge < -0.3 is 11.1 Å². The van der Waals surface area contributed by atoms with E-state index in [9.17, 15) is 4.79 Å². The highest BCUT2D eigenvalue weighted by Crippen LogP contribution is 2.69. The molecule has 3 fully saturated rings. The highest BCUT2D eigenvalue weighted by Gasteiger charge is 2.67. The zero-order valence-corrected chi connectivity index (χ0v) is 8.41. The van der Waals surface area contributed by atoms with Crippen LogP contribution in [0.3, 0.4) is 0 Å². The van der Waals surface area contributed by atoms with Gasteiger partial charge in [0.2, 0.25) is 5.91 Å². The maximum atomic E-state index is 11.7. The Balaban J connectivity index is 1.60. The molecule has 14 heavy (non-hydrogen) atoms. The minimum Gasteiger partial charge on any atom is -0.355 e. The van der Waals surface area contributed by atoms with Crippen LogP contribution in [0.4, 0.5) is 0 Å². The molecule has 0 heterocycles. The molecule has 0 aliphatic heterocycles. The molecule has 0 aromatic heterocycles. The van der Waals surface area contributed by atoms with Crippen molar-refractivity contribution in [1.82, 2.24) is 5.32 Å². The van der Waals surface area contributed by atoms with Gasteiger partial charge in [0.25, 0.3) is 0 Å². The summed E-state index contributed by atoms with van der Waals surface area (Å²) in [5.41, 5.74) is 5.37. The topological polar surface area (TPSA) is 55.1 Å². The molecular weight excluding hydrogens is 176 g/mol. The summed E-state index contributed by atoms with van der Waals surface area (Å²) < 4.78 is 0. The summed E-state index contributed by atoms with van der Waals surface area (Å²) in [6, 6.07) is 0. The number of amides is 1. The van der Waals surface area contributed by atoms with Crippen molar-refractivity contribution in [3.05, 3.63) is 0 Å². The average molecular weight is 194 g/mol. The third-order valence-corrected chi connectivity index (χ3v) is 4.48. The van der Waals surface area contributed by atoms with E-state index < -0.39 is 0 Å². The Labute approximate surface area is 84.4 Å². The van der Waals surface area contributed by atoms with E-state index in [1.807, 2.05) is 0 Å². The van der Waals surface area contributed by atoms with Gasteiger partial charge in [-0.25, -0.2) is 0 Å². The smallest absolute Gasteiger partial charge is 0.223 e. The summed E-state index contributed by atoms with van der Waals surface area (Å²) in [4.78, 5) is 11.7. The molecule has 3 aliphatic rings. The van der Waals surface area contributed by atoms with Gasteiger partial charge in [0.05, 0.1) is 0 Å². The normalized spacial score (nSPS) is 47.6. The molecule has 3 N–H and O–H groups in total. The molecular formula is C11H18N2O. The quantitative estimate of drug-likeness (QED) is 0.681. The summed E-state index contributed by atoms with van der Waals surface area (Å²) >= 11 is 0. The van der Waals surface area contributed by atoms with Gasteiger partial charge in [-0.15, -0.1) is 0 Å². The van der Waals surface area contributed by atoms with Gasteiger partial charge in [0.1, 0.15) is 0 Å². The van der Waals surface area contributed by atoms with Crippen LogP contribution < -0.4 is 11.1 Å². The number of nitrogens with two attached hydrogens (primary N) is 1. The fourth-order valence-corrected chi connectivity index (χ4v) is 3.99. The van der Waals surface area contributed by atoms with Crippen molar-refractivity contribution in [2.45, 2.75) is 19.3 Å². The highest BCUT2D eigenvalue weighted by atomic mass is 16.2. The van der Waals surface area contributed by atoms with E-state index in [0.717, 1.165) is 23.7 Å². The van der Waals surface area contributed by atoms with Crippen molar-refractivity contribution in [1.29, 1.82) is 0 Å². The van der Waals surface area contributed by atoms with E-state index in [4.69, 9.17) is 5.73 Å². The van der Waals surface area contributed by atoms with Crippen LogP contribution in [0.15, 0.2) is 0 Å². The number of rotatable bonds is 3. The predicted molar refractivity (Wildman–Crippen MR) is 53.4 cm³/mol. The van der Waals surface area contributed by atoms with Crippen LogP contribution in [0.2, 0.25) is 0 Å². The molecule has 0 saturated heterocycles. The molecule has 0 aromatic rings. The van der Waals surface area contributed by atoms with Gasteiger partial charge in [0.15, 0.2) is 0 Å². The fourth-order valence-electron chi connectivity index (χ4n) is 3.99. The molecule has 0 radical (unpaired) electrons. The molecule has 4 unspecified atom stereocenters. The largest absolute Gasteiger partial charge is 0.355 e. The summed E-state index contributed by atoms with van der Waals surface area (Å²) in [7, 11) is 0. The number of carbonyl (C=O) groups excluding carboxylic acids is 1. The van der Waals surface area contributed by atoms with E-state index in [1.54, 1.807) is 0 Å². The second-order valence-corrected chi connectivity index (χ2v) is 5.09. The minimum absolute atomic E-state index is 0.280. The lowest BCUT2D eigenvalue weighted by Gasteiger charge is -2.08. The first-order chi connectivity index (χ1) is 6.83. The molecule has 2 bridgehead atoms.